The summed E-state index contributed by atoms with van der Waals surface area (Å²) in [6.07, 6.45) is 8.61. The maximum atomic E-state index is 13.7. The van der Waals surface area contributed by atoms with Crippen LogP contribution in [0.25, 0.3) is 0 Å². The molecule has 0 bridgehead atoms. The SMILES string of the molecule is COC(=O)C1=C(C)NC(C)=C(C(=O)NCCCN2CCC(c3ccccc3)(c3ccccc3)CC2)C1C1CCCCC1. The van der Waals surface area contributed by atoms with E-state index in [1.807, 2.05) is 13.8 Å². The first-order valence-electron chi connectivity index (χ1n) is 15.8. The Balaban J connectivity index is 1.20. The van der Waals surface area contributed by atoms with Crippen molar-refractivity contribution < 1.29 is 14.3 Å². The lowest BCUT2D eigenvalue weighted by Gasteiger charge is -2.43. The van der Waals surface area contributed by atoms with Crippen LogP contribution < -0.4 is 10.6 Å². The van der Waals surface area contributed by atoms with E-state index in [1.165, 1.54) is 24.7 Å². The summed E-state index contributed by atoms with van der Waals surface area (Å²) >= 11 is 0. The molecule has 0 spiro atoms. The van der Waals surface area contributed by atoms with Gasteiger partial charge in [0, 0.05) is 34.8 Å². The number of nitrogens with one attached hydrogen (secondary N) is 2. The number of allylic oxidation sites excluding steroid dienone is 2. The number of nitrogens with zero attached hydrogens (tertiary/aromatic N) is 1. The molecule has 3 aliphatic rings. The smallest absolute Gasteiger partial charge is 0.336 e. The van der Waals surface area contributed by atoms with Crippen molar-refractivity contribution in [3.63, 3.8) is 0 Å². The van der Waals surface area contributed by atoms with E-state index in [2.05, 4.69) is 76.2 Å². The van der Waals surface area contributed by atoms with Crippen molar-refractivity contribution in [2.45, 2.75) is 70.6 Å². The van der Waals surface area contributed by atoms with Crippen molar-refractivity contribution in [2.75, 3.05) is 33.3 Å². The van der Waals surface area contributed by atoms with Crippen LogP contribution in [-0.4, -0.2) is 50.1 Å². The molecule has 42 heavy (non-hydrogen) atoms. The Bertz CT molecular complexity index is 1250. The van der Waals surface area contributed by atoms with Crippen LogP contribution in [0, 0.1) is 11.8 Å². The van der Waals surface area contributed by atoms with Crippen LogP contribution in [0.2, 0.25) is 0 Å². The second-order valence-electron chi connectivity index (χ2n) is 12.3. The van der Waals surface area contributed by atoms with Crippen LogP contribution in [0.3, 0.4) is 0 Å². The van der Waals surface area contributed by atoms with Gasteiger partial charge in [-0.3, -0.25) is 4.79 Å². The molecule has 1 unspecified atom stereocenters. The standard InChI is InChI=1S/C36H47N3O3/c1-26-31(33(28-14-7-4-8-15-28)32(27(2)38-26)35(41)42-3)34(40)37-22-13-23-39-24-20-36(21-25-39,29-16-9-5-10-17-29)30-18-11-6-12-19-30/h5-6,9-12,16-19,28,33,38H,4,7-8,13-15,20-25H2,1-3H3,(H,37,40). The van der Waals surface area contributed by atoms with Gasteiger partial charge in [0.1, 0.15) is 0 Å². The summed E-state index contributed by atoms with van der Waals surface area (Å²) in [4.78, 5) is 29.1. The summed E-state index contributed by atoms with van der Waals surface area (Å²) in [6, 6.07) is 21.9. The molecule has 6 nitrogen and oxygen atoms in total. The topological polar surface area (TPSA) is 70.7 Å². The monoisotopic (exact) mass is 569 g/mol. The van der Waals surface area contributed by atoms with E-state index < -0.39 is 0 Å². The fraction of sp³-hybridized carbons (Fsp3) is 0.500. The zero-order chi connectivity index (χ0) is 29.5. The molecule has 224 valence electrons. The fourth-order valence-electron chi connectivity index (χ4n) is 7.68. The number of likely N-dealkylation sites (tertiary alicyclic amines) is 1. The maximum Gasteiger partial charge on any atom is 0.336 e. The van der Waals surface area contributed by atoms with Crippen molar-refractivity contribution in [3.05, 3.63) is 94.3 Å². The number of benzene rings is 2. The molecule has 2 N–H and O–H groups in total. The molecule has 1 saturated heterocycles. The first-order chi connectivity index (χ1) is 20.4. The lowest BCUT2D eigenvalue weighted by atomic mass is 9.68. The number of hydrogen-bond donors (Lipinski definition) is 2. The molecule has 6 heteroatoms. The first kappa shape index (κ1) is 30.1. The van der Waals surface area contributed by atoms with Gasteiger partial charge in [-0.05, 0) is 82.6 Å². The van der Waals surface area contributed by atoms with Crippen LogP contribution in [-0.2, 0) is 19.7 Å². The minimum absolute atomic E-state index is 0.0440. The molecule has 5 rings (SSSR count). The van der Waals surface area contributed by atoms with Crippen molar-refractivity contribution in [2.24, 2.45) is 11.8 Å². The van der Waals surface area contributed by atoms with Crippen molar-refractivity contribution in [1.82, 2.24) is 15.5 Å². The van der Waals surface area contributed by atoms with Gasteiger partial charge in [0.25, 0.3) is 0 Å². The number of rotatable bonds is 9. The largest absolute Gasteiger partial charge is 0.466 e. The van der Waals surface area contributed by atoms with Crippen molar-refractivity contribution in [1.29, 1.82) is 0 Å². The number of dihydropyridines is 1. The van der Waals surface area contributed by atoms with E-state index in [0.29, 0.717) is 17.7 Å². The Morgan fingerprint density at radius 2 is 1.45 bits per heavy atom. The molecule has 0 aromatic heterocycles. The normalized spacial score (nSPS) is 21.5. The minimum Gasteiger partial charge on any atom is -0.466 e. The Kier molecular flexibility index (Phi) is 9.84. The third-order valence-electron chi connectivity index (χ3n) is 9.88. The molecule has 0 radical (unpaired) electrons. The Morgan fingerprint density at radius 3 is 2.02 bits per heavy atom. The third-order valence-corrected chi connectivity index (χ3v) is 9.88. The van der Waals surface area contributed by atoms with Crippen molar-refractivity contribution in [3.8, 4) is 0 Å². The molecule has 2 fully saturated rings. The number of esters is 1. The summed E-state index contributed by atoms with van der Waals surface area (Å²) < 4.78 is 5.18. The van der Waals surface area contributed by atoms with Crippen molar-refractivity contribution >= 4 is 11.9 Å². The highest BCUT2D eigenvalue weighted by molar-refractivity contribution is 6.00. The van der Waals surface area contributed by atoms with E-state index in [9.17, 15) is 9.59 Å². The van der Waals surface area contributed by atoms with Gasteiger partial charge < -0.3 is 20.3 Å². The molecule has 2 aromatic rings. The number of methoxy groups -OCH3 is 1. The quantitative estimate of drug-likeness (QED) is 0.282. The Hall–Kier alpha value is -3.38. The minimum atomic E-state index is -0.333. The summed E-state index contributed by atoms with van der Waals surface area (Å²) in [5.41, 5.74) is 5.82. The zero-order valence-electron chi connectivity index (χ0n) is 25.6. The Morgan fingerprint density at radius 1 is 0.881 bits per heavy atom. The second kappa shape index (κ2) is 13.7. The summed E-state index contributed by atoms with van der Waals surface area (Å²) in [5.74, 6) is -0.329. The van der Waals surface area contributed by atoms with Gasteiger partial charge in [0.2, 0.25) is 5.91 Å². The number of ether oxygens (including phenoxy) is 1. The molecular weight excluding hydrogens is 522 g/mol. The van der Waals surface area contributed by atoms with Gasteiger partial charge in [0.05, 0.1) is 12.7 Å². The first-order valence-corrected chi connectivity index (χ1v) is 15.8. The third kappa shape index (κ3) is 6.34. The maximum absolute atomic E-state index is 13.7. The van der Waals surface area contributed by atoms with E-state index in [4.69, 9.17) is 4.74 Å². The number of carbonyl (C=O) groups excluding carboxylic acids is 2. The fourth-order valence-corrected chi connectivity index (χ4v) is 7.68. The summed E-state index contributed by atoms with van der Waals surface area (Å²) in [6.45, 7) is 7.51. The average molecular weight is 570 g/mol. The number of hydrogen-bond acceptors (Lipinski definition) is 5. The predicted molar refractivity (Wildman–Crippen MR) is 168 cm³/mol. The number of piperidine rings is 1. The molecular formula is C36H47N3O3. The molecule has 1 atom stereocenters. The highest BCUT2D eigenvalue weighted by Crippen LogP contribution is 2.43. The van der Waals surface area contributed by atoms with Crippen LogP contribution in [0.1, 0.15) is 76.3 Å². The average Bonchev–Trinajstić information content (AvgIpc) is 3.04. The van der Waals surface area contributed by atoms with Gasteiger partial charge in [-0.1, -0.05) is 79.9 Å². The molecule has 1 aliphatic carbocycles. The predicted octanol–water partition coefficient (Wildman–Crippen LogP) is 6.10. The summed E-state index contributed by atoms with van der Waals surface area (Å²) in [7, 11) is 1.43. The summed E-state index contributed by atoms with van der Waals surface area (Å²) in [5, 5.41) is 6.52. The molecule has 2 aromatic carbocycles. The molecule has 2 heterocycles. The van der Waals surface area contributed by atoms with Gasteiger partial charge in [0.15, 0.2) is 0 Å². The lowest BCUT2D eigenvalue weighted by Crippen LogP contribution is -2.44. The molecule has 1 saturated carbocycles. The molecule has 2 aliphatic heterocycles. The van der Waals surface area contributed by atoms with Gasteiger partial charge in [-0.15, -0.1) is 0 Å². The van der Waals surface area contributed by atoms with E-state index in [-0.39, 0.29) is 29.1 Å². The van der Waals surface area contributed by atoms with Crippen LogP contribution in [0.5, 0.6) is 0 Å². The second-order valence-corrected chi connectivity index (χ2v) is 12.3. The number of carbonyl (C=O) groups is 2. The van der Waals surface area contributed by atoms with Gasteiger partial charge in [-0.25, -0.2) is 4.79 Å². The number of amides is 1. The van der Waals surface area contributed by atoms with Crippen LogP contribution in [0.15, 0.2) is 83.2 Å². The van der Waals surface area contributed by atoms with E-state index in [1.54, 1.807) is 0 Å². The highest BCUT2D eigenvalue weighted by atomic mass is 16.5. The van der Waals surface area contributed by atoms with Gasteiger partial charge in [-0.2, -0.15) is 0 Å². The lowest BCUT2D eigenvalue weighted by molar-refractivity contribution is -0.137. The highest BCUT2D eigenvalue weighted by Gasteiger charge is 2.41. The van der Waals surface area contributed by atoms with E-state index in [0.717, 1.165) is 76.0 Å². The molecule has 1 amide bonds. The van der Waals surface area contributed by atoms with Crippen LogP contribution >= 0.6 is 0 Å². The van der Waals surface area contributed by atoms with Crippen LogP contribution in [0.4, 0.5) is 0 Å². The zero-order valence-corrected chi connectivity index (χ0v) is 25.6. The van der Waals surface area contributed by atoms with Gasteiger partial charge >= 0.3 is 5.97 Å². The van der Waals surface area contributed by atoms with E-state index >= 15 is 0 Å². The Labute approximate surface area is 251 Å².